The minimum atomic E-state index is -4.30. The number of alkyl halides is 3. The Balaban J connectivity index is 1.73. The number of hydrogen-bond acceptors (Lipinski definition) is 4. The van der Waals surface area contributed by atoms with Gasteiger partial charge in [0.2, 0.25) is 0 Å². The standard InChI is InChI=1S/C21H30ClF3N4O3/c1-15(2)13-26-19(30)17-5-4-16(12-18(17)22)27-20(31)29-9-7-28(8-10-29)6-3-11-32-14-21(23,24)25/h4-5,12,15H,3,6-11,13-14H2,1-2H3,(H,26,30)(H,27,31). The fourth-order valence-electron chi connectivity index (χ4n) is 3.12. The predicted octanol–water partition coefficient (Wildman–Crippen LogP) is 3.84. The molecule has 32 heavy (non-hydrogen) atoms. The van der Waals surface area contributed by atoms with E-state index >= 15 is 0 Å². The van der Waals surface area contributed by atoms with Gasteiger partial charge in [0.05, 0.1) is 10.6 Å². The lowest BCUT2D eigenvalue weighted by Crippen LogP contribution is -2.50. The first-order valence-electron chi connectivity index (χ1n) is 10.6. The van der Waals surface area contributed by atoms with Gasteiger partial charge in [0.25, 0.3) is 5.91 Å². The van der Waals surface area contributed by atoms with Crippen LogP contribution in [0.2, 0.25) is 5.02 Å². The van der Waals surface area contributed by atoms with Crippen LogP contribution >= 0.6 is 11.6 Å². The number of halogens is 4. The highest BCUT2D eigenvalue weighted by Crippen LogP contribution is 2.22. The minimum absolute atomic E-state index is 0.0481. The Kier molecular flexibility index (Phi) is 10.0. The molecule has 1 aromatic carbocycles. The number of carbonyl (C=O) groups is 2. The predicted molar refractivity (Wildman–Crippen MR) is 117 cm³/mol. The molecule has 3 amide bonds. The van der Waals surface area contributed by atoms with E-state index < -0.39 is 12.8 Å². The van der Waals surface area contributed by atoms with E-state index in [0.29, 0.717) is 62.9 Å². The van der Waals surface area contributed by atoms with Crippen molar-refractivity contribution in [3.8, 4) is 0 Å². The number of ether oxygens (including phenoxy) is 1. The Labute approximate surface area is 191 Å². The molecule has 7 nitrogen and oxygen atoms in total. The quantitative estimate of drug-likeness (QED) is 0.529. The van der Waals surface area contributed by atoms with Crippen molar-refractivity contribution in [3.05, 3.63) is 28.8 Å². The molecule has 180 valence electrons. The lowest BCUT2D eigenvalue weighted by molar-refractivity contribution is -0.174. The zero-order valence-electron chi connectivity index (χ0n) is 18.3. The van der Waals surface area contributed by atoms with E-state index in [9.17, 15) is 22.8 Å². The summed E-state index contributed by atoms with van der Waals surface area (Å²) < 4.78 is 40.7. The summed E-state index contributed by atoms with van der Waals surface area (Å²) >= 11 is 6.22. The van der Waals surface area contributed by atoms with Crippen molar-refractivity contribution in [3.63, 3.8) is 0 Å². The molecule has 11 heteroatoms. The second kappa shape index (κ2) is 12.3. The van der Waals surface area contributed by atoms with E-state index in [1.54, 1.807) is 23.1 Å². The molecule has 1 fully saturated rings. The lowest BCUT2D eigenvalue weighted by atomic mass is 10.1. The second-order valence-corrected chi connectivity index (χ2v) is 8.49. The van der Waals surface area contributed by atoms with Crippen LogP contribution in [0.15, 0.2) is 18.2 Å². The zero-order valence-corrected chi connectivity index (χ0v) is 19.1. The van der Waals surface area contributed by atoms with Crippen LogP contribution in [-0.2, 0) is 4.74 Å². The van der Waals surface area contributed by atoms with Crippen LogP contribution < -0.4 is 10.6 Å². The zero-order chi connectivity index (χ0) is 23.7. The summed E-state index contributed by atoms with van der Waals surface area (Å²) in [5.41, 5.74) is 0.836. The SMILES string of the molecule is CC(C)CNC(=O)c1ccc(NC(=O)N2CCN(CCCOCC(F)(F)F)CC2)cc1Cl. The molecule has 0 aromatic heterocycles. The van der Waals surface area contributed by atoms with Gasteiger partial charge in [0, 0.05) is 51.6 Å². The Morgan fingerprint density at radius 3 is 2.47 bits per heavy atom. The third-order valence-electron chi connectivity index (χ3n) is 4.82. The molecule has 1 aliphatic rings. The summed E-state index contributed by atoms with van der Waals surface area (Å²) in [6, 6.07) is 4.48. The van der Waals surface area contributed by atoms with Crippen molar-refractivity contribution in [2.45, 2.75) is 26.4 Å². The first kappa shape index (κ1) is 26.2. The van der Waals surface area contributed by atoms with Crippen LogP contribution in [0.25, 0.3) is 0 Å². The van der Waals surface area contributed by atoms with Crippen LogP contribution in [0.3, 0.4) is 0 Å². The molecule has 0 unspecified atom stereocenters. The first-order valence-corrected chi connectivity index (χ1v) is 10.9. The van der Waals surface area contributed by atoms with Gasteiger partial charge in [0.15, 0.2) is 0 Å². The van der Waals surface area contributed by atoms with Crippen molar-refractivity contribution < 1.29 is 27.5 Å². The van der Waals surface area contributed by atoms with Gasteiger partial charge in [-0.05, 0) is 30.5 Å². The average Bonchev–Trinajstić information content (AvgIpc) is 2.71. The lowest BCUT2D eigenvalue weighted by Gasteiger charge is -2.34. The average molecular weight is 479 g/mol. The van der Waals surface area contributed by atoms with E-state index in [-0.39, 0.29) is 23.6 Å². The van der Waals surface area contributed by atoms with E-state index in [4.69, 9.17) is 11.6 Å². The summed E-state index contributed by atoms with van der Waals surface area (Å²) in [5.74, 6) is 0.0565. The minimum Gasteiger partial charge on any atom is -0.372 e. The largest absolute Gasteiger partial charge is 0.411 e. The number of amides is 3. The van der Waals surface area contributed by atoms with Crippen LogP contribution in [0.1, 0.15) is 30.6 Å². The van der Waals surface area contributed by atoms with Crippen LogP contribution in [0.4, 0.5) is 23.7 Å². The van der Waals surface area contributed by atoms with Gasteiger partial charge in [-0.3, -0.25) is 9.69 Å². The molecular weight excluding hydrogens is 449 g/mol. The number of urea groups is 1. The van der Waals surface area contributed by atoms with Crippen LogP contribution in [0.5, 0.6) is 0 Å². The molecule has 0 radical (unpaired) electrons. The van der Waals surface area contributed by atoms with Gasteiger partial charge < -0.3 is 20.3 Å². The Hall–Kier alpha value is -2.04. The van der Waals surface area contributed by atoms with Gasteiger partial charge in [-0.1, -0.05) is 25.4 Å². The maximum atomic E-state index is 12.5. The molecule has 2 N–H and O–H groups in total. The van der Waals surface area contributed by atoms with Gasteiger partial charge in [-0.15, -0.1) is 0 Å². The first-order chi connectivity index (χ1) is 15.0. The summed E-state index contributed by atoms with van der Waals surface area (Å²) in [6.45, 7) is 6.22. The summed E-state index contributed by atoms with van der Waals surface area (Å²) in [4.78, 5) is 28.5. The molecule has 1 saturated heterocycles. The molecule has 0 saturated carbocycles. The van der Waals surface area contributed by atoms with E-state index in [1.165, 1.54) is 0 Å². The molecule has 0 aliphatic carbocycles. The number of nitrogens with zero attached hydrogens (tertiary/aromatic N) is 2. The number of carbonyl (C=O) groups excluding carboxylic acids is 2. The molecule has 1 heterocycles. The second-order valence-electron chi connectivity index (χ2n) is 8.08. The third-order valence-corrected chi connectivity index (χ3v) is 5.14. The highest BCUT2D eigenvalue weighted by atomic mass is 35.5. The maximum Gasteiger partial charge on any atom is 0.411 e. The van der Waals surface area contributed by atoms with E-state index in [2.05, 4.69) is 20.3 Å². The maximum absolute atomic E-state index is 12.5. The van der Waals surface area contributed by atoms with Gasteiger partial charge in [-0.2, -0.15) is 13.2 Å². The van der Waals surface area contributed by atoms with Crippen molar-refractivity contribution in [2.75, 3.05) is 57.8 Å². The Morgan fingerprint density at radius 2 is 1.88 bits per heavy atom. The van der Waals surface area contributed by atoms with Gasteiger partial charge >= 0.3 is 12.2 Å². The monoisotopic (exact) mass is 478 g/mol. The highest BCUT2D eigenvalue weighted by molar-refractivity contribution is 6.34. The molecule has 0 spiro atoms. The summed E-state index contributed by atoms with van der Waals surface area (Å²) in [6.07, 6.45) is -3.80. The van der Waals surface area contributed by atoms with Crippen LogP contribution in [-0.4, -0.2) is 80.4 Å². The molecule has 1 aliphatic heterocycles. The number of benzene rings is 1. The number of nitrogens with one attached hydrogen (secondary N) is 2. The number of hydrogen-bond donors (Lipinski definition) is 2. The van der Waals surface area contributed by atoms with Crippen molar-refractivity contribution in [1.29, 1.82) is 0 Å². The normalized spacial score (nSPS) is 15.2. The van der Waals surface area contributed by atoms with Crippen LogP contribution in [0, 0.1) is 5.92 Å². The highest BCUT2D eigenvalue weighted by Gasteiger charge is 2.27. The third kappa shape index (κ3) is 9.22. The molecular formula is C21H30ClF3N4O3. The van der Waals surface area contributed by atoms with Gasteiger partial charge in [-0.25, -0.2) is 4.79 Å². The summed E-state index contributed by atoms with van der Waals surface area (Å²) in [7, 11) is 0. The summed E-state index contributed by atoms with van der Waals surface area (Å²) in [5, 5.41) is 5.84. The number of piperazine rings is 1. The Morgan fingerprint density at radius 1 is 1.19 bits per heavy atom. The fourth-order valence-corrected chi connectivity index (χ4v) is 3.39. The van der Waals surface area contributed by atoms with Crippen molar-refractivity contribution in [2.24, 2.45) is 5.92 Å². The number of anilines is 1. The van der Waals surface area contributed by atoms with Gasteiger partial charge in [0.1, 0.15) is 6.61 Å². The molecule has 1 aromatic rings. The fraction of sp³-hybridized carbons (Fsp3) is 0.619. The van der Waals surface area contributed by atoms with E-state index in [0.717, 1.165) is 0 Å². The molecule has 2 rings (SSSR count). The van der Waals surface area contributed by atoms with E-state index in [1.807, 2.05) is 13.8 Å². The Bertz CT molecular complexity index is 769. The van der Waals surface area contributed by atoms with Crippen molar-refractivity contribution in [1.82, 2.24) is 15.1 Å². The molecule has 0 bridgehead atoms. The molecule has 0 atom stereocenters. The number of rotatable bonds is 9. The smallest absolute Gasteiger partial charge is 0.372 e. The topological polar surface area (TPSA) is 73.9 Å². The van der Waals surface area contributed by atoms with Crippen molar-refractivity contribution >= 4 is 29.2 Å².